The lowest BCUT2D eigenvalue weighted by molar-refractivity contribution is -0.161. The van der Waals surface area contributed by atoms with E-state index in [0.29, 0.717) is 58.5 Å². The molecular formula is C27H43N3O7. The number of likely N-dealkylation sites (tertiary alicyclic amines) is 1. The zero-order valence-electron chi connectivity index (χ0n) is 22.4. The fraction of sp³-hybridized carbons (Fsp3) is 0.815. The molecule has 0 aliphatic carbocycles. The molecule has 0 aromatic heterocycles. The number of aliphatic hydroxyl groups excluding tert-OH is 1. The average molecular weight is 522 g/mol. The Bertz CT molecular complexity index is 893. The van der Waals surface area contributed by atoms with E-state index in [4.69, 9.17) is 9.47 Å². The van der Waals surface area contributed by atoms with Crippen molar-refractivity contribution >= 4 is 17.8 Å². The third kappa shape index (κ3) is 4.49. The third-order valence-corrected chi connectivity index (χ3v) is 9.41. The van der Waals surface area contributed by atoms with Crippen LogP contribution in [0.25, 0.3) is 0 Å². The van der Waals surface area contributed by atoms with E-state index < -0.39 is 41.1 Å². The largest absolute Gasteiger partial charge is 0.481 e. The van der Waals surface area contributed by atoms with Gasteiger partial charge in [-0.2, -0.15) is 0 Å². The second-order valence-corrected chi connectivity index (χ2v) is 11.1. The van der Waals surface area contributed by atoms with E-state index in [1.807, 2.05) is 20.8 Å². The molecule has 0 aromatic carbocycles. The number of carboxylic acids is 1. The number of rotatable bonds is 12. The molecule has 4 heterocycles. The van der Waals surface area contributed by atoms with Gasteiger partial charge in [-0.15, -0.1) is 6.58 Å². The van der Waals surface area contributed by atoms with E-state index in [0.717, 1.165) is 13.1 Å². The first-order chi connectivity index (χ1) is 17.7. The highest BCUT2D eigenvalue weighted by molar-refractivity contribution is 5.98. The van der Waals surface area contributed by atoms with Crippen LogP contribution < -0.4 is 0 Å². The maximum atomic E-state index is 14.4. The molecule has 4 aliphatic rings. The van der Waals surface area contributed by atoms with Crippen molar-refractivity contribution < 1.29 is 34.1 Å². The summed E-state index contributed by atoms with van der Waals surface area (Å²) in [6.07, 6.45) is 3.76. The number of hydrogen-bond donors (Lipinski definition) is 2. The molecule has 0 saturated carbocycles. The Labute approximate surface area is 219 Å². The second kappa shape index (κ2) is 11.0. The molecule has 2 unspecified atom stereocenters. The van der Waals surface area contributed by atoms with Crippen LogP contribution in [0.2, 0.25) is 0 Å². The van der Waals surface area contributed by atoms with Crippen LogP contribution in [0.15, 0.2) is 12.7 Å². The third-order valence-electron chi connectivity index (χ3n) is 9.41. The summed E-state index contributed by atoms with van der Waals surface area (Å²) in [5.74, 6) is -3.75. The molecule has 4 fully saturated rings. The van der Waals surface area contributed by atoms with Crippen molar-refractivity contribution in [3.8, 4) is 0 Å². The van der Waals surface area contributed by atoms with Crippen LogP contribution in [-0.2, 0) is 23.9 Å². The number of carboxylic acid groups (broad SMARTS) is 1. The topological polar surface area (TPSA) is 120 Å². The van der Waals surface area contributed by atoms with E-state index in [2.05, 4.69) is 11.5 Å². The summed E-state index contributed by atoms with van der Waals surface area (Å²) in [7, 11) is 0. The summed E-state index contributed by atoms with van der Waals surface area (Å²) < 4.78 is 12.1. The molecule has 10 nitrogen and oxygen atoms in total. The minimum absolute atomic E-state index is 0.0821. The van der Waals surface area contributed by atoms with Gasteiger partial charge in [-0.3, -0.25) is 19.3 Å². The van der Waals surface area contributed by atoms with Gasteiger partial charge < -0.3 is 29.5 Å². The summed E-state index contributed by atoms with van der Waals surface area (Å²) in [5.41, 5.74) is -2.18. The van der Waals surface area contributed by atoms with Crippen molar-refractivity contribution in [3.63, 3.8) is 0 Å². The standard InChI is InChI=1S/C27H43N3O7/c1-5-10-29(12-11-28-13-15-36-16-14-28)24(33)22-27-9-8-26(7-3,37-27)21(25(34)35)20(27)23(32)30(22)19(17-31)18(4)6-2/h5,18-22,31H,1,6-17H2,2-4H3,(H,34,35)/t18-,19-,20-,21+,22?,26-,27?/m0/s1. The summed E-state index contributed by atoms with van der Waals surface area (Å²) in [5, 5.41) is 20.7. The molecule has 4 aliphatic heterocycles. The molecule has 10 heteroatoms. The van der Waals surface area contributed by atoms with Crippen molar-refractivity contribution in [2.75, 3.05) is 52.5 Å². The number of ether oxygens (including phenoxy) is 2. The Balaban J connectivity index is 1.73. The van der Waals surface area contributed by atoms with Gasteiger partial charge in [-0.05, 0) is 25.2 Å². The van der Waals surface area contributed by atoms with Gasteiger partial charge in [-0.25, -0.2) is 0 Å². The molecule has 1 spiro atoms. The highest BCUT2D eigenvalue weighted by Gasteiger charge is 2.79. The van der Waals surface area contributed by atoms with Crippen molar-refractivity contribution in [2.24, 2.45) is 17.8 Å². The van der Waals surface area contributed by atoms with E-state index in [1.54, 1.807) is 11.0 Å². The number of aliphatic carboxylic acids is 1. The van der Waals surface area contributed by atoms with Crippen molar-refractivity contribution in [3.05, 3.63) is 12.7 Å². The number of nitrogens with zero attached hydrogens (tertiary/aromatic N) is 3. The molecule has 0 radical (unpaired) electrons. The van der Waals surface area contributed by atoms with Crippen LogP contribution >= 0.6 is 0 Å². The Morgan fingerprint density at radius 3 is 2.54 bits per heavy atom. The highest BCUT2D eigenvalue weighted by atomic mass is 16.5. The monoisotopic (exact) mass is 521 g/mol. The van der Waals surface area contributed by atoms with E-state index in [-0.39, 0.29) is 24.3 Å². The van der Waals surface area contributed by atoms with Crippen LogP contribution in [0.4, 0.5) is 0 Å². The predicted octanol–water partition coefficient (Wildman–Crippen LogP) is 0.980. The van der Waals surface area contributed by atoms with Crippen LogP contribution in [0.5, 0.6) is 0 Å². The van der Waals surface area contributed by atoms with Crippen LogP contribution in [0, 0.1) is 17.8 Å². The van der Waals surface area contributed by atoms with Crippen molar-refractivity contribution in [1.82, 2.24) is 14.7 Å². The van der Waals surface area contributed by atoms with Crippen molar-refractivity contribution in [1.29, 1.82) is 0 Å². The quantitative estimate of drug-likeness (QED) is 0.365. The van der Waals surface area contributed by atoms with Crippen molar-refractivity contribution in [2.45, 2.75) is 69.7 Å². The van der Waals surface area contributed by atoms with E-state index >= 15 is 0 Å². The summed E-state index contributed by atoms with van der Waals surface area (Å²) in [6.45, 7) is 13.6. The molecule has 208 valence electrons. The number of morpholine rings is 1. The smallest absolute Gasteiger partial charge is 0.310 e. The first-order valence-electron chi connectivity index (χ1n) is 13.8. The lowest BCUT2D eigenvalue weighted by Gasteiger charge is -2.41. The van der Waals surface area contributed by atoms with Gasteiger partial charge in [0.15, 0.2) is 0 Å². The number of amides is 2. The van der Waals surface area contributed by atoms with E-state index in [1.165, 1.54) is 4.90 Å². The highest BCUT2D eigenvalue weighted by Crippen LogP contribution is 2.64. The molecule has 2 amide bonds. The van der Waals surface area contributed by atoms with Gasteiger partial charge in [0.25, 0.3) is 0 Å². The Morgan fingerprint density at radius 2 is 1.97 bits per heavy atom. The number of fused-ring (bicyclic) bond motifs is 1. The maximum Gasteiger partial charge on any atom is 0.310 e. The maximum absolute atomic E-state index is 14.4. The molecule has 7 atom stereocenters. The zero-order chi connectivity index (χ0) is 27.0. The molecule has 4 saturated heterocycles. The molecule has 0 aromatic rings. The minimum Gasteiger partial charge on any atom is -0.481 e. The number of carbonyl (C=O) groups excluding carboxylic acids is 2. The van der Waals surface area contributed by atoms with Crippen LogP contribution in [0.1, 0.15) is 46.5 Å². The second-order valence-electron chi connectivity index (χ2n) is 11.1. The molecule has 2 N–H and O–H groups in total. The minimum atomic E-state index is -1.22. The first-order valence-corrected chi connectivity index (χ1v) is 13.8. The lowest BCUT2D eigenvalue weighted by atomic mass is 9.65. The number of carbonyl (C=O) groups is 3. The van der Waals surface area contributed by atoms with Gasteiger partial charge in [0.2, 0.25) is 11.8 Å². The summed E-state index contributed by atoms with van der Waals surface area (Å²) in [4.78, 5) is 46.5. The van der Waals surface area contributed by atoms with E-state index in [9.17, 15) is 24.6 Å². The molecule has 4 rings (SSSR count). The average Bonchev–Trinajstić information content (AvgIpc) is 3.51. The summed E-state index contributed by atoms with van der Waals surface area (Å²) in [6, 6.07) is -1.59. The zero-order valence-corrected chi connectivity index (χ0v) is 22.4. The number of hydrogen-bond acceptors (Lipinski definition) is 7. The Kier molecular flexibility index (Phi) is 8.33. The first kappa shape index (κ1) is 28.0. The molecule has 37 heavy (non-hydrogen) atoms. The van der Waals surface area contributed by atoms with Gasteiger partial charge in [0.1, 0.15) is 17.6 Å². The fourth-order valence-corrected chi connectivity index (χ4v) is 7.19. The van der Waals surface area contributed by atoms with Crippen LogP contribution in [-0.4, -0.2) is 119 Å². The van der Waals surface area contributed by atoms with Crippen LogP contribution in [0.3, 0.4) is 0 Å². The Hall–Kier alpha value is -2.01. The number of aliphatic hydroxyl groups is 1. The van der Waals surface area contributed by atoms with Gasteiger partial charge in [-0.1, -0.05) is 33.3 Å². The van der Waals surface area contributed by atoms with Gasteiger partial charge in [0.05, 0.1) is 37.4 Å². The van der Waals surface area contributed by atoms with Gasteiger partial charge in [0, 0.05) is 32.7 Å². The fourth-order valence-electron chi connectivity index (χ4n) is 7.19. The SMILES string of the molecule is C=CCN(CCN1CCOCC1)C(=O)C1N([C@@H](CO)[C@@H](C)CC)C(=O)[C@@H]2[C@H](C(=O)O)[C@]3(CC)CCC12O3. The predicted molar refractivity (Wildman–Crippen MR) is 136 cm³/mol. The summed E-state index contributed by atoms with van der Waals surface area (Å²) >= 11 is 0. The van der Waals surface area contributed by atoms with Gasteiger partial charge >= 0.3 is 5.97 Å². The normalized spacial score (nSPS) is 34.9. The molecule has 2 bridgehead atoms. The lowest BCUT2D eigenvalue weighted by Crippen LogP contribution is -2.60. The Morgan fingerprint density at radius 1 is 1.27 bits per heavy atom. The molecular weight excluding hydrogens is 478 g/mol.